The van der Waals surface area contributed by atoms with Gasteiger partial charge in [0.2, 0.25) is 0 Å². The van der Waals surface area contributed by atoms with Crippen LogP contribution in [-0.2, 0) is 12.8 Å². The fourth-order valence-corrected chi connectivity index (χ4v) is 3.12. The number of hydrogen-bond acceptors (Lipinski definition) is 4. The zero-order valence-corrected chi connectivity index (χ0v) is 12.8. The van der Waals surface area contributed by atoms with Crippen LogP contribution in [0.25, 0.3) is 0 Å². The molecular formula is C16H24N4. The first-order valence-corrected chi connectivity index (χ1v) is 7.70. The molecule has 1 heterocycles. The molecule has 2 rings (SSSR count). The van der Waals surface area contributed by atoms with Crippen LogP contribution in [-0.4, -0.2) is 15.7 Å². The molecule has 1 saturated carbocycles. The quantitative estimate of drug-likeness (QED) is 0.909. The number of hydrogen-bond donors (Lipinski definition) is 1. The molecule has 4 heteroatoms. The van der Waals surface area contributed by atoms with E-state index in [1.165, 1.54) is 19.3 Å². The van der Waals surface area contributed by atoms with Gasteiger partial charge in [0.15, 0.2) is 5.82 Å². The van der Waals surface area contributed by atoms with Gasteiger partial charge in [-0.05, 0) is 38.2 Å². The summed E-state index contributed by atoms with van der Waals surface area (Å²) in [6, 6.07) is 2.33. The summed E-state index contributed by atoms with van der Waals surface area (Å²) in [7, 11) is 0. The van der Waals surface area contributed by atoms with Crippen LogP contribution in [0, 0.1) is 11.3 Å². The van der Waals surface area contributed by atoms with Crippen LogP contribution in [0.2, 0.25) is 0 Å². The average molecular weight is 272 g/mol. The van der Waals surface area contributed by atoms with E-state index in [-0.39, 0.29) is 5.54 Å². The van der Waals surface area contributed by atoms with Gasteiger partial charge in [-0.1, -0.05) is 33.1 Å². The van der Waals surface area contributed by atoms with Crippen molar-refractivity contribution in [3.05, 3.63) is 16.8 Å². The topological polar surface area (TPSA) is 61.6 Å². The summed E-state index contributed by atoms with van der Waals surface area (Å²) in [5.41, 5.74) is 2.73. The zero-order chi connectivity index (χ0) is 14.6. The second-order valence-corrected chi connectivity index (χ2v) is 5.91. The number of aryl methyl sites for hydroxylation is 1. The number of rotatable bonds is 4. The Morgan fingerprint density at radius 2 is 1.85 bits per heavy atom. The fraction of sp³-hybridized carbons (Fsp3) is 0.688. The molecule has 1 aliphatic carbocycles. The van der Waals surface area contributed by atoms with Crippen molar-refractivity contribution in [3.8, 4) is 6.07 Å². The Bertz CT molecular complexity index is 510. The lowest BCUT2D eigenvalue weighted by atomic mass is 9.83. The fourth-order valence-electron chi connectivity index (χ4n) is 3.12. The molecule has 0 unspecified atom stereocenters. The van der Waals surface area contributed by atoms with E-state index < -0.39 is 0 Å². The van der Waals surface area contributed by atoms with Crippen LogP contribution in [0.4, 0.5) is 5.82 Å². The van der Waals surface area contributed by atoms with E-state index in [0.717, 1.165) is 36.9 Å². The standard InChI is InChI=1S/C16H24N4/c1-4-12-13(11-17)15(20-19-14(12)5-2)18-16(3)9-7-6-8-10-16/h4-10H2,1-3H3,(H,18,20). The van der Waals surface area contributed by atoms with Crippen molar-refractivity contribution in [1.82, 2.24) is 10.2 Å². The summed E-state index contributed by atoms with van der Waals surface area (Å²) >= 11 is 0. The molecule has 1 aromatic heterocycles. The predicted octanol–water partition coefficient (Wildman–Crippen LogP) is 3.61. The van der Waals surface area contributed by atoms with E-state index in [0.29, 0.717) is 11.4 Å². The lowest BCUT2D eigenvalue weighted by Crippen LogP contribution is -2.37. The first-order valence-electron chi connectivity index (χ1n) is 7.70. The van der Waals surface area contributed by atoms with E-state index in [9.17, 15) is 5.26 Å². The van der Waals surface area contributed by atoms with Gasteiger partial charge in [0, 0.05) is 5.54 Å². The van der Waals surface area contributed by atoms with E-state index in [4.69, 9.17) is 0 Å². The highest BCUT2D eigenvalue weighted by molar-refractivity contribution is 5.57. The van der Waals surface area contributed by atoms with E-state index >= 15 is 0 Å². The van der Waals surface area contributed by atoms with Crippen molar-refractivity contribution >= 4 is 5.82 Å². The largest absolute Gasteiger partial charge is 0.362 e. The highest BCUT2D eigenvalue weighted by atomic mass is 15.2. The van der Waals surface area contributed by atoms with Crippen molar-refractivity contribution in [2.75, 3.05) is 5.32 Å². The zero-order valence-electron chi connectivity index (χ0n) is 12.8. The Morgan fingerprint density at radius 1 is 1.15 bits per heavy atom. The molecule has 20 heavy (non-hydrogen) atoms. The SMILES string of the molecule is CCc1nnc(NC2(C)CCCCC2)c(C#N)c1CC. The van der Waals surface area contributed by atoms with Gasteiger partial charge in [0.1, 0.15) is 11.6 Å². The second kappa shape index (κ2) is 6.21. The molecule has 0 spiro atoms. The summed E-state index contributed by atoms with van der Waals surface area (Å²) in [4.78, 5) is 0. The number of anilines is 1. The predicted molar refractivity (Wildman–Crippen MR) is 80.6 cm³/mol. The van der Waals surface area contributed by atoms with Gasteiger partial charge in [-0.2, -0.15) is 10.4 Å². The Labute approximate surface area is 121 Å². The van der Waals surface area contributed by atoms with Gasteiger partial charge in [-0.3, -0.25) is 0 Å². The third-order valence-electron chi connectivity index (χ3n) is 4.34. The average Bonchev–Trinajstić information content (AvgIpc) is 2.47. The molecular weight excluding hydrogens is 248 g/mol. The van der Waals surface area contributed by atoms with Crippen LogP contribution in [0.5, 0.6) is 0 Å². The Kier molecular flexibility index (Phi) is 4.59. The number of nitrogens with zero attached hydrogens (tertiary/aromatic N) is 3. The van der Waals surface area contributed by atoms with E-state index in [1.54, 1.807) is 0 Å². The Hall–Kier alpha value is -1.63. The molecule has 0 bridgehead atoms. The van der Waals surface area contributed by atoms with Crippen LogP contribution in [0.1, 0.15) is 69.7 Å². The van der Waals surface area contributed by atoms with Gasteiger partial charge >= 0.3 is 0 Å². The first-order chi connectivity index (χ1) is 9.63. The minimum Gasteiger partial charge on any atom is -0.362 e. The van der Waals surface area contributed by atoms with Crippen molar-refractivity contribution in [3.63, 3.8) is 0 Å². The van der Waals surface area contributed by atoms with Gasteiger partial charge in [0.25, 0.3) is 0 Å². The third kappa shape index (κ3) is 2.92. The van der Waals surface area contributed by atoms with Crippen molar-refractivity contribution < 1.29 is 0 Å². The second-order valence-electron chi connectivity index (χ2n) is 5.91. The maximum absolute atomic E-state index is 9.51. The lowest BCUT2D eigenvalue weighted by molar-refractivity contribution is 0.348. The lowest BCUT2D eigenvalue weighted by Gasteiger charge is -2.35. The molecule has 1 N–H and O–H groups in total. The summed E-state index contributed by atoms with van der Waals surface area (Å²) in [6.07, 6.45) is 7.71. The maximum atomic E-state index is 9.51. The van der Waals surface area contributed by atoms with Gasteiger partial charge < -0.3 is 5.32 Å². The van der Waals surface area contributed by atoms with Crippen LogP contribution < -0.4 is 5.32 Å². The van der Waals surface area contributed by atoms with Crippen LogP contribution >= 0.6 is 0 Å². The minimum absolute atomic E-state index is 0.0528. The number of nitrogens with one attached hydrogen (secondary N) is 1. The molecule has 0 atom stereocenters. The summed E-state index contributed by atoms with van der Waals surface area (Å²) in [5.74, 6) is 0.672. The molecule has 4 nitrogen and oxygen atoms in total. The van der Waals surface area contributed by atoms with Crippen LogP contribution in [0.3, 0.4) is 0 Å². The third-order valence-corrected chi connectivity index (χ3v) is 4.34. The summed E-state index contributed by atoms with van der Waals surface area (Å²) in [5, 5.41) is 21.6. The molecule has 108 valence electrons. The first kappa shape index (κ1) is 14.8. The molecule has 0 aliphatic heterocycles. The molecule has 1 aliphatic rings. The Balaban J connectivity index is 2.34. The van der Waals surface area contributed by atoms with Gasteiger partial charge in [-0.25, -0.2) is 0 Å². The minimum atomic E-state index is 0.0528. The molecule has 0 saturated heterocycles. The van der Waals surface area contributed by atoms with Crippen LogP contribution in [0.15, 0.2) is 0 Å². The van der Waals surface area contributed by atoms with Gasteiger partial charge in [-0.15, -0.1) is 5.10 Å². The highest BCUT2D eigenvalue weighted by Gasteiger charge is 2.28. The van der Waals surface area contributed by atoms with E-state index in [2.05, 4.69) is 42.4 Å². The maximum Gasteiger partial charge on any atom is 0.167 e. The van der Waals surface area contributed by atoms with Gasteiger partial charge in [0.05, 0.1) is 5.69 Å². The number of aromatic nitrogens is 2. The monoisotopic (exact) mass is 272 g/mol. The highest BCUT2D eigenvalue weighted by Crippen LogP contribution is 2.32. The smallest absolute Gasteiger partial charge is 0.167 e. The molecule has 1 fully saturated rings. The Morgan fingerprint density at radius 3 is 2.40 bits per heavy atom. The van der Waals surface area contributed by atoms with Crippen molar-refractivity contribution in [2.24, 2.45) is 0 Å². The molecule has 0 radical (unpaired) electrons. The number of nitriles is 1. The normalized spacial score (nSPS) is 17.5. The molecule has 0 aromatic carbocycles. The summed E-state index contributed by atoms with van der Waals surface area (Å²) in [6.45, 7) is 6.36. The summed E-state index contributed by atoms with van der Waals surface area (Å²) < 4.78 is 0. The van der Waals surface area contributed by atoms with Crippen molar-refractivity contribution in [2.45, 2.75) is 71.3 Å². The van der Waals surface area contributed by atoms with Crippen molar-refractivity contribution in [1.29, 1.82) is 5.26 Å². The van der Waals surface area contributed by atoms with E-state index in [1.807, 2.05) is 0 Å². The molecule has 0 amide bonds. The molecule has 1 aromatic rings.